The minimum atomic E-state index is -0.942. The highest BCUT2D eigenvalue weighted by Gasteiger charge is 2.48. The molecule has 9 heteroatoms. The minimum absolute atomic E-state index is 0.106. The number of aromatic nitrogens is 1. The van der Waals surface area contributed by atoms with Crippen molar-refractivity contribution >= 4 is 17.6 Å². The van der Waals surface area contributed by atoms with Crippen molar-refractivity contribution < 1.29 is 33.7 Å². The number of hydrogen-bond acceptors (Lipinski definition) is 5. The summed E-state index contributed by atoms with van der Waals surface area (Å²) in [4.78, 5) is 28.3. The summed E-state index contributed by atoms with van der Waals surface area (Å²) in [5, 5.41) is 28.4. The van der Waals surface area contributed by atoms with E-state index in [1.807, 2.05) is 0 Å². The lowest BCUT2D eigenvalue weighted by Gasteiger charge is -2.48. The van der Waals surface area contributed by atoms with E-state index in [2.05, 4.69) is 4.98 Å². The highest BCUT2D eigenvalue weighted by Crippen LogP contribution is 2.46. The number of amides is 1. The van der Waals surface area contributed by atoms with Gasteiger partial charge in [-0.05, 0) is 84.6 Å². The van der Waals surface area contributed by atoms with Crippen molar-refractivity contribution in [1.29, 1.82) is 0 Å². The second kappa shape index (κ2) is 12.3. The number of hydrogen-bond donors (Lipinski definition) is 3. The van der Waals surface area contributed by atoms with Crippen LogP contribution in [-0.2, 0) is 4.79 Å². The van der Waals surface area contributed by atoms with Crippen LogP contribution >= 0.6 is 0 Å². The second-order valence-electron chi connectivity index (χ2n) is 9.02. The Kier molecular flexibility index (Phi) is 8.63. The van der Waals surface area contributed by atoms with E-state index in [9.17, 15) is 28.6 Å². The predicted octanol–water partition coefficient (Wildman–Crippen LogP) is 5.67. The third-order valence-electron chi connectivity index (χ3n) is 6.47. The molecule has 3 atom stereocenters. The predicted molar refractivity (Wildman–Crippen MR) is 140 cm³/mol. The number of aliphatic hydroxyl groups is 1. The van der Waals surface area contributed by atoms with Gasteiger partial charge in [-0.15, -0.1) is 0 Å². The van der Waals surface area contributed by atoms with Crippen LogP contribution in [-0.4, -0.2) is 32.2 Å². The fourth-order valence-corrected chi connectivity index (χ4v) is 4.45. The molecule has 1 aliphatic heterocycles. The number of aromatic carboxylic acids is 1. The van der Waals surface area contributed by atoms with Gasteiger partial charge >= 0.3 is 5.97 Å². The van der Waals surface area contributed by atoms with E-state index >= 15 is 0 Å². The van der Waals surface area contributed by atoms with Gasteiger partial charge in [0.1, 0.15) is 17.4 Å². The smallest absolute Gasteiger partial charge is 0.337 e. The van der Waals surface area contributed by atoms with Crippen molar-refractivity contribution in [2.45, 2.75) is 25.0 Å². The van der Waals surface area contributed by atoms with E-state index in [-0.39, 0.29) is 40.8 Å². The van der Waals surface area contributed by atoms with Crippen LogP contribution in [0.3, 0.4) is 0 Å². The Balaban J connectivity index is 0.000000333. The van der Waals surface area contributed by atoms with Gasteiger partial charge in [-0.1, -0.05) is 24.3 Å². The van der Waals surface area contributed by atoms with Gasteiger partial charge in [-0.3, -0.25) is 9.78 Å². The van der Waals surface area contributed by atoms with Crippen molar-refractivity contribution in [1.82, 2.24) is 4.98 Å². The first-order valence-corrected chi connectivity index (χ1v) is 12.2. The van der Waals surface area contributed by atoms with E-state index in [0.717, 1.165) is 5.56 Å². The van der Waals surface area contributed by atoms with Crippen molar-refractivity contribution in [3.05, 3.63) is 126 Å². The molecule has 2 heterocycles. The molecule has 0 unspecified atom stereocenters. The Morgan fingerprint density at radius 2 is 1.54 bits per heavy atom. The number of aromatic hydroxyl groups is 1. The average molecular weight is 533 g/mol. The molecule has 0 saturated carbocycles. The van der Waals surface area contributed by atoms with Crippen LogP contribution in [0.25, 0.3) is 0 Å². The first-order valence-electron chi connectivity index (χ1n) is 12.2. The molecule has 3 aromatic carbocycles. The standard InChI is InChI=1S/C24H21F2NO3.C6H5NO2/c25-17-5-1-15(2-6-17)22(29)14-13-21-23(16-3-11-20(28)12-4-16)27(24(21)30)19-9-7-18(26)8-10-19;8-6(9)5-2-1-3-7-4-5/h1-12,21-23,28-29H,13-14H2;1-4H,(H,8,9)/t21-,22+,23-;/m1./s1. The number of rotatable bonds is 7. The van der Waals surface area contributed by atoms with Crippen LogP contribution < -0.4 is 4.90 Å². The molecule has 0 aliphatic carbocycles. The summed E-state index contributed by atoms with van der Waals surface area (Å²) in [5.41, 5.74) is 2.25. The molecular weight excluding hydrogens is 506 g/mol. The number of benzene rings is 3. The van der Waals surface area contributed by atoms with Gasteiger partial charge in [-0.2, -0.15) is 0 Å². The van der Waals surface area contributed by atoms with Crippen molar-refractivity contribution in [2.24, 2.45) is 5.92 Å². The number of pyridine rings is 1. The third-order valence-corrected chi connectivity index (χ3v) is 6.47. The number of phenols is 1. The quantitative estimate of drug-likeness (QED) is 0.265. The number of carboxylic acid groups (broad SMARTS) is 1. The summed E-state index contributed by atoms with van der Waals surface area (Å²) < 4.78 is 26.4. The van der Waals surface area contributed by atoms with Gasteiger partial charge in [0, 0.05) is 18.1 Å². The Hall–Kier alpha value is -4.63. The molecule has 0 bridgehead atoms. The van der Waals surface area contributed by atoms with Crippen LogP contribution in [0.1, 0.15) is 46.5 Å². The van der Waals surface area contributed by atoms with Crippen LogP contribution in [0.15, 0.2) is 97.3 Å². The zero-order chi connectivity index (χ0) is 27.9. The van der Waals surface area contributed by atoms with E-state index in [1.165, 1.54) is 54.9 Å². The highest BCUT2D eigenvalue weighted by molar-refractivity contribution is 6.03. The normalized spacial score (nSPS) is 17.0. The first kappa shape index (κ1) is 27.4. The second-order valence-corrected chi connectivity index (χ2v) is 9.02. The van der Waals surface area contributed by atoms with E-state index in [0.29, 0.717) is 24.1 Å². The summed E-state index contributed by atoms with van der Waals surface area (Å²) in [6, 6.07) is 20.8. The topological polar surface area (TPSA) is 111 Å². The Morgan fingerprint density at radius 3 is 2.08 bits per heavy atom. The lowest BCUT2D eigenvalue weighted by Crippen LogP contribution is -2.55. The van der Waals surface area contributed by atoms with Gasteiger partial charge in [0.05, 0.1) is 23.6 Å². The lowest BCUT2D eigenvalue weighted by molar-refractivity contribution is -0.131. The van der Waals surface area contributed by atoms with Crippen molar-refractivity contribution in [3.8, 4) is 5.75 Å². The zero-order valence-electron chi connectivity index (χ0n) is 20.7. The summed E-state index contributed by atoms with van der Waals surface area (Å²) >= 11 is 0. The summed E-state index contributed by atoms with van der Waals surface area (Å²) in [7, 11) is 0. The molecule has 1 fully saturated rings. The number of phenolic OH excluding ortho intramolecular Hbond substituents is 1. The molecule has 1 saturated heterocycles. The lowest BCUT2D eigenvalue weighted by atomic mass is 9.78. The largest absolute Gasteiger partial charge is 0.508 e. The monoisotopic (exact) mass is 532 g/mol. The maximum atomic E-state index is 13.3. The Labute approximate surface area is 223 Å². The van der Waals surface area contributed by atoms with Gasteiger partial charge in [-0.25, -0.2) is 13.6 Å². The highest BCUT2D eigenvalue weighted by atomic mass is 19.1. The average Bonchev–Trinajstić information content (AvgIpc) is 2.94. The molecule has 1 aromatic heterocycles. The molecule has 3 N–H and O–H groups in total. The van der Waals surface area contributed by atoms with Crippen LogP contribution in [0.5, 0.6) is 5.75 Å². The number of carboxylic acids is 1. The Bertz CT molecular complexity index is 1400. The van der Waals surface area contributed by atoms with Gasteiger partial charge in [0.2, 0.25) is 5.91 Å². The van der Waals surface area contributed by atoms with Crippen LogP contribution in [0.4, 0.5) is 14.5 Å². The van der Waals surface area contributed by atoms with Crippen LogP contribution in [0.2, 0.25) is 0 Å². The Morgan fingerprint density at radius 1 is 0.923 bits per heavy atom. The van der Waals surface area contributed by atoms with E-state index < -0.39 is 12.1 Å². The number of aliphatic hydroxyl groups excluding tert-OH is 1. The SMILES string of the molecule is O=C(O)c1cccnc1.O=C1[C@H](CC[C@H](O)c2ccc(F)cc2)[C@@H](c2ccc(O)cc2)N1c1ccc(F)cc1. The summed E-state index contributed by atoms with van der Waals surface area (Å²) in [6.45, 7) is 0. The van der Waals surface area contributed by atoms with E-state index in [1.54, 1.807) is 47.4 Å². The van der Waals surface area contributed by atoms with Crippen molar-refractivity contribution in [2.75, 3.05) is 4.90 Å². The summed E-state index contributed by atoms with van der Waals surface area (Å²) in [6.07, 6.45) is 2.81. The van der Waals surface area contributed by atoms with Gasteiger partial charge in [0.25, 0.3) is 0 Å². The number of β-lactam (4-membered cyclic amide) rings is 1. The number of carbonyl (C=O) groups is 2. The molecule has 5 rings (SSSR count). The van der Waals surface area contributed by atoms with E-state index in [4.69, 9.17) is 5.11 Å². The maximum absolute atomic E-state index is 13.3. The molecule has 39 heavy (non-hydrogen) atoms. The molecule has 7 nitrogen and oxygen atoms in total. The maximum Gasteiger partial charge on any atom is 0.337 e. The fraction of sp³-hybridized carbons (Fsp3) is 0.167. The molecular formula is C30H26F2N2O5. The van der Waals surface area contributed by atoms with Crippen molar-refractivity contribution in [3.63, 3.8) is 0 Å². The third kappa shape index (κ3) is 6.63. The first-order chi connectivity index (χ1) is 18.7. The summed E-state index contributed by atoms with van der Waals surface area (Å²) in [5.74, 6) is -2.04. The molecule has 0 radical (unpaired) electrons. The zero-order valence-corrected chi connectivity index (χ0v) is 20.7. The molecule has 200 valence electrons. The number of halogens is 2. The van der Waals surface area contributed by atoms with Gasteiger partial charge < -0.3 is 20.2 Å². The molecule has 0 spiro atoms. The number of nitrogens with zero attached hydrogens (tertiary/aromatic N) is 2. The molecule has 1 aliphatic rings. The molecule has 4 aromatic rings. The number of anilines is 1. The fourth-order valence-electron chi connectivity index (χ4n) is 4.45. The van der Waals surface area contributed by atoms with Crippen LogP contribution in [0, 0.1) is 17.6 Å². The minimum Gasteiger partial charge on any atom is -0.508 e. The molecule has 1 amide bonds. The van der Waals surface area contributed by atoms with Gasteiger partial charge in [0.15, 0.2) is 0 Å². The number of carbonyl (C=O) groups excluding carboxylic acids is 1.